The van der Waals surface area contributed by atoms with Crippen LogP contribution in [0.1, 0.15) is 58.2 Å². The fourth-order valence-electron chi connectivity index (χ4n) is 4.82. The molecule has 0 bridgehead atoms. The predicted octanol–water partition coefficient (Wildman–Crippen LogP) is 3.50. The summed E-state index contributed by atoms with van der Waals surface area (Å²) in [5, 5.41) is 7.54. The van der Waals surface area contributed by atoms with Crippen LogP contribution in [-0.4, -0.2) is 48.9 Å². The molecule has 2 aromatic heterocycles. The fraction of sp³-hybridized carbons (Fsp3) is 0.500. The largest absolute Gasteiger partial charge is 0.381 e. The second kappa shape index (κ2) is 9.65. The number of hydrogen-bond acceptors (Lipinski definition) is 5. The van der Waals surface area contributed by atoms with Gasteiger partial charge < -0.3 is 15.3 Å². The molecule has 3 aromatic rings. The van der Waals surface area contributed by atoms with Gasteiger partial charge in [0.25, 0.3) is 5.56 Å². The number of aryl methyl sites for hydroxylation is 1. The molecule has 8 heteroatoms. The first-order valence-corrected chi connectivity index (χ1v) is 11.6. The van der Waals surface area contributed by atoms with Gasteiger partial charge in [-0.25, -0.2) is 9.97 Å². The molecule has 32 heavy (non-hydrogen) atoms. The third-order valence-corrected chi connectivity index (χ3v) is 6.61. The molecule has 4 N–H and O–H groups in total. The molecule has 4 rings (SSSR count). The number of aromatic amines is 1. The first kappa shape index (κ1) is 22.2. The highest BCUT2D eigenvalue weighted by atomic mass is 16.1. The number of fused-ring (bicyclic) bond motifs is 1. The molecule has 0 aliphatic carbocycles. The number of para-hydroxylation sites is 2. The summed E-state index contributed by atoms with van der Waals surface area (Å²) in [4.78, 5) is 27.6. The lowest BCUT2D eigenvalue weighted by Crippen LogP contribution is -2.44. The quantitative estimate of drug-likeness (QED) is 0.284. The van der Waals surface area contributed by atoms with Crippen molar-refractivity contribution in [3.63, 3.8) is 0 Å². The molecule has 1 aliphatic heterocycles. The molecule has 1 fully saturated rings. The van der Waals surface area contributed by atoms with Gasteiger partial charge in [0.2, 0.25) is 0 Å². The maximum atomic E-state index is 13.3. The van der Waals surface area contributed by atoms with Crippen molar-refractivity contribution in [2.24, 2.45) is 5.73 Å². The molecule has 170 valence electrons. The van der Waals surface area contributed by atoms with Gasteiger partial charge in [0.1, 0.15) is 0 Å². The van der Waals surface area contributed by atoms with E-state index >= 15 is 0 Å². The third-order valence-electron chi connectivity index (χ3n) is 6.61. The summed E-state index contributed by atoms with van der Waals surface area (Å²) in [6.45, 7) is 6.45. The highest BCUT2D eigenvalue weighted by molar-refractivity contribution is 5.91. The van der Waals surface area contributed by atoms with Crippen molar-refractivity contribution >= 4 is 16.9 Å². The number of imidazole rings is 1. The van der Waals surface area contributed by atoms with Crippen molar-refractivity contribution in [1.82, 2.24) is 24.4 Å². The van der Waals surface area contributed by atoms with Crippen molar-refractivity contribution in [3.05, 3.63) is 46.6 Å². The second-order valence-electron chi connectivity index (χ2n) is 8.89. The molecule has 1 aliphatic rings. The summed E-state index contributed by atoms with van der Waals surface area (Å²) in [5.74, 6) is 0.0665. The Balaban J connectivity index is 1.49. The van der Waals surface area contributed by atoms with E-state index in [1.54, 1.807) is 0 Å². The predicted molar refractivity (Wildman–Crippen MR) is 128 cm³/mol. The number of aromatic nitrogens is 4. The van der Waals surface area contributed by atoms with Gasteiger partial charge in [0.05, 0.1) is 22.9 Å². The number of benzene rings is 1. The Kier molecular flexibility index (Phi) is 6.69. The Hall–Kier alpha value is -3.00. The Morgan fingerprint density at radius 2 is 1.88 bits per heavy atom. The Morgan fingerprint density at radius 1 is 1.16 bits per heavy atom. The minimum atomic E-state index is -0.172. The van der Waals surface area contributed by atoms with E-state index in [1.807, 2.05) is 28.8 Å². The summed E-state index contributed by atoms with van der Waals surface area (Å²) in [5.41, 5.74) is 7.74. The van der Waals surface area contributed by atoms with Crippen molar-refractivity contribution < 1.29 is 0 Å². The first-order valence-electron chi connectivity index (χ1n) is 11.6. The average Bonchev–Trinajstić information content (AvgIpc) is 3.27. The van der Waals surface area contributed by atoms with E-state index in [2.05, 4.69) is 33.7 Å². The summed E-state index contributed by atoms with van der Waals surface area (Å²) in [7, 11) is 0. The van der Waals surface area contributed by atoms with E-state index in [9.17, 15) is 4.79 Å². The fourth-order valence-corrected chi connectivity index (χ4v) is 4.82. The van der Waals surface area contributed by atoms with Gasteiger partial charge in [-0.2, -0.15) is 0 Å². The lowest BCUT2D eigenvalue weighted by atomic mass is 9.97. The van der Waals surface area contributed by atoms with Crippen molar-refractivity contribution in [2.75, 3.05) is 6.54 Å². The highest BCUT2D eigenvalue weighted by Crippen LogP contribution is 2.23. The van der Waals surface area contributed by atoms with Gasteiger partial charge in [-0.05, 0) is 58.2 Å². The van der Waals surface area contributed by atoms with Gasteiger partial charge in [-0.1, -0.05) is 25.0 Å². The number of rotatable bonds is 8. The van der Waals surface area contributed by atoms with Crippen LogP contribution in [-0.2, 0) is 6.54 Å². The van der Waals surface area contributed by atoms with Crippen molar-refractivity contribution in [3.8, 4) is 11.4 Å². The van der Waals surface area contributed by atoms with Crippen LogP contribution in [0.15, 0.2) is 35.3 Å². The maximum absolute atomic E-state index is 13.3. The van der Waals surface area contributed by atoms with E-state index in [0.717, 1.165) is 36.8 Å². The number of piperidine rings is 1. The monoisotopic (exact) mass is 435 g/mol. The lowest BCUT2D eigenvalue weighted by molar-refractivity contribution is 0.101. The topological polar surface area (TPSA) is 117 Å². The number of hydrogen-bond donors (Lipinski definition) is 3. The minimum Gasteiger partial charge on any atom is -0.381 e. The molecule has 8 nitrogen and oxygen atoms in total. The Bertz CT molecular complexity index is 1140. The molecular formula is C24H33N7O. The molecule has 1 saturated heterocycles. The summed E-state index contributed by atoms with van der Waals surface area (Å²) in [6.07, 6.45) is 8.60. The number of amidine groups is 1. The number of nitrogens with one attached hydrogen (secondary N) is 2. The zero-order chi connectivity index (χ0) is 22.7. The van der Waals surface area contributed by atoms with Crippen LogP contribution >= 0.6 is 0 Å². The molecule has 0 radical (unpaired) electrons. The number of likely N-dealkylation sites (tertiary alicyclic amines) is 1. The van der Waals surface area contributed by atoms with Gasteiger partial charge in [-0.15, -0.1) is 0 Å². The van der Waals surface area contributed by atoms with Crippen LogP contribution in [0.5, 0.6) is 0 Å². The van der Waals surface area contributed by atoms with Crippen LogP contribution in [0.2, 0.25) is 0 Å². The second-order valence-corrected chi connectivity index (χ2v) is 8.89. The SMILES string of the molecule is C[C@@H]1CCC[C@H](C)N1CCCCCn1c(=O)c(-c2cnc(C(=N)N)[nH]2)nc2ccccc21. The molecule has 1 aromatic carbocycles. The smallest absolute Gasteiger partial charge is 0.279 e. The summed E-state index contributed by atoms with van der Waals surface area (Å²) >= 11 is 0. The van der Waals surface area contributed by atoms with Crippen LogP contribution < -0.4 is 11.3 Å². The van der Waals surface area contributed by atoms with Gasteiger partial charge in [-0.3, -0.25) is 15.1 Å². The van der Waals surface area contributed by atoms with E-state index < -0.39 is 0 Å². The van der Waals surface area contributed by atoms with Crippen LogP contribution in [0.4, 0.5) is 0 Å². The van der Waals surface area contributed by atoms with Crippen molar-refractivity contribution in [2.45, 2.75) is 71.0 Å². The van der Waals surface area contributed by atoms with Crippen LogP contribution in [0, 0.1) is 5.41 Å². The third kappa shape index (κ3) is 4.60. The first-order chi connectivity index (χ1) is 15.5. The van der Waals surface area contributed by atoms with E-state index in [-0.39, 0.29) is 17.2 Å². The maximum Gasteiger partial charge on any atom is 0.279 e. The molecule has 2 atom stereocenters. The Labute approximate surface area is 188 Å². The standard InChI is InChI=1S/C24H33N7O/c1-16-9-8-10-17(2)30(16)13-6-3-7-14-31-20-12-5-4-11-18(20)28-21(24(31)32)19-15-27-23(29-19)22(25)26/h4-5,11-12,15-17H,3,6-10,13-14H2,1-2H3,(H3,25,26)(H,27,29)/t16-,17+. The van der Waals surface area contributed by atoms with E-state index in [1.165, 1.54) is 25.5 Å². The molecular weight excluding hydrogens is 402 g/mol. The molecule has 0 amide bonds. The number of H-pyrrole nitrogens is 1. The summed E-state index contributed by atoms with van der Waals surface area (Å²) in [6, 6.07) is 9.05. The number of unbranched alkanes of at least 4 members (excludes halogenated alkanes) is 2. The zero-order valence-corrected chi connectivity index (χ0v) is 19.0. The number of nitrogen functional groups attached to an aromatic ring is 1. The van der Waals surface area contributed by atoms with E-state index in [4.69, 9.17) is 11.1 Å². The zero-order valence-electron chi connectivity index (χ0n) is 19.0. The Morgan fingerprint density at radius 3 is 2.59 bits per heavy atom. The van der Waals surface area contributed by atoms with E-state index in [0.29, 0.717) is 30.0 Å². The number of nitrogens with zero attached hydrogens (tertiary/aromatic N) is 4. The minimum absolute atomic E-state index is 0.152. The van der Waals surface area contributed by atoms with Gasteiger partial charge in [0.15, 0.2) is 17.4 Å². The van der Waals surface area contributed by atoms with Gasteiger partial charge in [0, 0.05) is 18.6 Å². The molecule has 3 heterocycles. The van der Waals surface area contributed by atoms with Gasteiger partial charge >= 0.3 is 0 Å². The molecule has 0 saturated carbocycles. The average molecular weight is 436 g/mol. The van der Waals surface area contributed by atoms with Crippen LogP contribution in [0.3, 0.4) is 0 Å². The van der Waals surface area contributed by atoms with Crippen molar-refractivity contribution in [1.29, 1.82) is 5.41 Å². The lowest BCUT2D eigenvalue weighted by Gasteiger charge is -2.39. The normalized spacial score (nSPS) is 19.4. The molecule has 0 spiro atoms. The summed E-state index contributed by atoms with van der Waals surface area (Å²) < 4.78 is 1.82. The van der Waals surface area contributed by atoms with Crippen LogP contribution in [0.25, 0.3) is 22.4 Å². The number of nitrogens with two attached hydrogens (primary N) is 1. The molecule has 0 unspecified atom stereocenters. The highest BCUT2D eigenvalue weighted by Gasteiger charge is 2.23.